The fraction of sp³-hybridized carbons (Fsp3) is 0.242. The van der Waals surface area contributed by atoms with E-state index in [-0.39, 0.29) is 32.1 Å². The quantitative estimate of drug-likeness (QED) is 0.0735. The van der Waals surface area contributed by atoms with E-state index in [1.165, 1.54) is 11.3 Å². The average molecular weight is 715 g/mol. The SMILES string of the molecule is NN=NC(=O)C1(c2ccccc2)CCN(C(=O)c2sc(-c3ccc(Cl)cc3Cl)c(-c3ccc(Cl)cc3)c2OCCNC(=O)CO)CC1. The molecular weight excluding hydrogens is 685 g/mol. The molecule has 4 N–H and O–H groups in total. The van der Waals surface area contributed by atoms with Gasteiger partial charge in [0.15, 0.2) is 5.75 Å². The van der Waals surface area contributed by atoms with Crippen molar-refractivity contribution in [3.8, 4) is 27.3 Å². The summed E-state index contributed by atoms with van der Waals surface area (Å²) in [6, 6.07) is 21.5. The monoisotopic (exact) mass is 713 g/mol. The lowest BCUT2D eigenvalue weighted by atomic mass is 9.72. The summed E-state index contributed by atoms with van der Waals surface area (Å²) in [5, 5.41) is 19.9. The minimum absolute atomic E-state index is 0.00679. The third-order valence-electron chi connectivity index (χ3n) is 7.97. The summed E-state index contributed by atoms with van der Waals surface area (Å²) in [5.41, 5.74) is 1.76. The Labute approximate surface area is 290 Å². The van der Waals surface area contributed by atoms with Crippen molar-refractivity contribution in [2.24, 2.45) is 16.2 Å². The molecule has 0 radical (unpaired) electrons. The lowest BCUT2D eigenvalue weighted by Crippen LogP contribution is -2.48. The second-order valence-corrected chi connectivity index (χ2v) is 13.0. The van der Waals surface area contributed by atoms with E-state index in [2.05, 4.69) is 15.7 Å². The minimum Gasteiger partial charge on any atom is -0.489 e. The lowest BCUT2D eigenvalue weighted by Gasteiger charge is -2.39. The van der Waals surface area contributed by atoms with Gasteiger partial charge in [-0.05, 0) is 48.2 Å². The molecule has 4 aromatic rings. The Morgan fingerprint density at radius 1 is 0.979 bits per heavy atom. The first-order chi connectivity index (χ1) is 22.7. The van der Waals surface area contributed by atoms with Crippen molar-refractivity contribution in [1.82, 2.24) is 10.2 Å². The molecule has 2 heterocycles. The fourth-order valence-corrected chi connectivity index (χ4v) is 7.56. The maximum absolute atomic E-state index is 14.4. The zero-order valence-electron chi connectivity index (χ0n) is 24.9. The number of carbonyl (C=O) groups is 3. The van der Waals surface area contributed by atoms with E-state index >= 15 is 0 Å². The van der Waals surface area contributed by atoms with Crippen molar-refractivity contribution in [3.63, 3.8) is 0 Å². The molecule has 1 aliphatic rings. The topological polar surface area (TPSA) is 147 Å². The standard InChI is InChI=1S/C33H30Cl3N5O5S/c34-22-8-6-20(7-9-22)27-28(46-17-14-38-26(43)19-42)30(47-29(27)24-11-10-23(35)18-25(24)36)31(44)41-15-12-33(13-16-41,32(45)39-40-37)21-4-2-1-3-5-21/h1-11,18,42H,12-17,19H2,(H,38,43)(H2,37,39,45). The van der Waals surface area contributed by atoms with Gasteiger partial charge in [0.05, 0.1) is 17.0 Å². The van der Waals surface area contributed by atoms with Crippen LogP contribution in [0.25, 0.3) is 21.6 Å². The first-order valence-corrected chi connectivity index (χ1v) is 16.5. The number of aliphatic hydroxyl groups excluding tert-OH is 1. The van der Waals surface area contributed by atoms with Crippen LogP contribution in [0.4, 0.5) is 0 Å². The summed E-state index contributed by atoms with van der Waals surface area (Å²) in [6.07, 6.45) is 0.602. The summed E-state index contributed by atoms with van der Waals surface area (Å²) < 4.78 is 6.28. The zero-order chi connectivity index (χ0) is 33.6. The number of rotatable bonds is 10. The fourth-order valence-electron chi connectivity index (χ4n) is 5.60. The van der Waals surface area contributed by atoms with Crippen LogP contribution in [0.2, 0.25) is 15.1 Å². The Kier molecular flexibility index (Phi) is 11.2. The van der Waals surface area contributed by atoms with Crippen molar-refractivity contribution in [1.29, 1.82) is 0 Å². The van der Waals surface area contributed by atoms with Gasteiger partial charge in [-0.15, -0.1) is 11.3 Å². The summed E-state index contributed by atoms with van der Waals surface area (Å²) >= 11 is 20.4. The summed E-state index contributed by atoms with van der Waals surface area (Å²) in [5.74, 6) is 4.24. The van der Waals surface area contributed by atoms with E-state index in [1.807, 2.05) is 42.5 Å². The molecule has 0 bridgehead atoms. The number of benzene rings is 3. The Morgan fingerprint density at radius 2 is 1.66 bits per heavy atom. The van der Waals surface area contributed by atoms with Gasteiger partial charge in [0.1, 0.15) is 18.1 Å². The Bertz CT molecular complexity index is 1790. The van der Waals surface area contributed by atoms with Crippen LogP contribution >= 0.6 is 46.1 Å². The number of carbonyl (C=O) groups excluding carboxylic acids is 3. The summed E-state index contributed by atoms with van der Waals surface area (Å²) in [7, 11) is 0. The molecule has 1 aromatic heterocycles. The van der Waals surface area contributed by atoms with Gasteiger partial charge in [0.25, 0.3) is 11.8 Å². The number of nitrogens with zero attached hydrogens (tertiary/aromatic N) is 3. The second-order valence-electron chi connectivity index (χ2n) is 10.7. The second kappa shape index (κ2) is 15.3. The van der Waals surface area contributed by atoms with Gasteiger partial charge in [0.2, 0.25) is 5.91 Å². The predicted molar refractivity (Wildman–Crippen MR) is 183 cm³/mol. The molecule has 10 nitrogen and oxygen atoms in total. The van der Waals surface area contributed by atoms with E-state index in [4.69, 9.17) is 50.5 Å². The number of hydrogen-bond acceptors (Lipinski definition) is 7. The van der Waals surface area contributed by atoms with Crippen LogP contribution in [-0.4, -0.2) is 60.6 Å². The number of amides is 3. The zero-order valence-corrected chi connectivity index (χ0v) is 28.0. The number of hydrogen-bond donors (Lipinski definition) is 3. The highest BCUT2D eigenvalue weighted by atomic mass is 35.5. The summed E-state index contributed by atoms with van der Waals surface area (Å²) in [4.78, 5) is 42.0. The van der Waals surface area contributed by atoms with E-state index < -0.39 is 23.8 Å². The molecule has 0 saturated carbocycles. The largest absolute Gasteiger partial charge is 0.489 e. The van der Waals surface area contributed by atoms with Gasteiger partial charge in [-0.1, -0.05) is 93.7 Å². The number of aliphatic hydroxyl groups is 1. The molecule has 1 fully saturated rings. The number of nitrogens with one attached hydrogen (secondary N) is 1. The Hall–Kier alpha value is -4.00. The van der Waals surface area contributed by atoms with Crippen LogP contribution in [-0.2, 0) is 15.0 Å². The first-order valence-electron chi connectivity index (χ1n) is 14.6. The van der Waals surface area contributed by atoms with Gasteiger partial charge in [0, 0.05) is 39.1 Å². The molecule has 244 valence electrons. The number of ether oxygens (including phenoxy) is 1. The maximum Gasteiger partial charge on any atom is 0.277 e. The lowest BCUT2D eigenvalue weighted by molar-refractivity contribution is -0.125. The van der Waals surface area contributed by atoms with Crippen LogP contribution in [0.3, 0.4) is 0 Å². The normalized spacial score (nSPS) is 14.3. The molecule has 0 spiro atoms. The molecule has 1 aliphatic heterocycles. The molecular formula is C33H30Cl3N5O5S. The number of likely N-dealkylation sites (tertiary alicyclic amines) is 1. The van der Waals surface area contributed by atoms with Crippen molar-refractivity contribution < 1.29 is 24.2 Å². The molecule has 0 atom stereocenters. The predicted octanol–water partition coefficient (Wildman–Crippen LogP) is 6.56. The van der Waals surface area contributed by atoms with Crippen molar-refractivity contribution in [2.45, 2.75) is 18.3 Å². The molecule has 3 aromatic carbocycles. The maximum atomic E-state index is 14.4. The molecule has 47 heavy (non-hydrogen) atoms. The number of piperidine rings is 1. The molecule has 1 saturated heterocycles. The van der Waals surface area contributed by atoms with Crippen LogP contribution < -0.4 is 15.9 Å². The molecule has 14 heteroatoms. The van der Waals surface area contributed by atoms with Crippen molar-refractivity contribution in [3.05, 3.63) is 98.3 Å². The third kappa shape index (κ3) is 7.45. The van der Waals surface area contributed by atoms with Crippen LogP contribution in [0, 0.1) is 0 Å². The van der Waals surface area contributed by atoms with Crippen LogP contribution in [0.5, 0.6) is 5.75 Å². The first kappa shape index (κ1) is 34.3. The molecule has 0 unspecified atom stereocenters. The van der Waals surface area contributed by atoms with E-state index in [9.17, 15) is 14.4 Å². The highest BCUT2D eigenvalue weighted by Gasteiger charge is 2.45. The minimum atomic E-state index is -0.989. The van der Waals surface area contributed by atoms with Gasteiger partial charge < -0.3 is 25.9 Å². The van der Waals surface area contributed by atoms with E-state index in [0.717, 1.165) is 11.1 Å². The van der Waals surface area contributed by atoms with Gasteiger partial charge in [-0.3, -0.25) is 14.4 Å². The molecule has 5 rings (SSSR count). The highest BCUT2D eigenvalue weighted by molar-refractivity contribution is 7.18. The molecule has 3 amide bonds. The third-order valence-corrected chi connectivity index (χ3v) is 9.96. The Balaban J connectivity index is 1.57. The highest BCUT2D eigenvalue weighted by Crippen LogP contribution is 2.51. The molecule has 0 aliphatic carbocycles. The van der Waals surface area contributed by atoms with Gasteiger partial charge >= 0.3 is 0 Å². The van der Waals surface area contributed by atoms with Crippen molar-refractivity contribution in [2.75, 3.05) is 32.8 Å². The Morgan fingerprint density at radius 3 is 2.30 bits per heavy atom. The van der Waals surface area contributed by atoms with Crippen LogP contribution in [0.15, 0.2) is 83.1 Å². The van der Waals surface area contributed by atoms with Crippen LogP contribution in [0.1, 0.15) is 28.1 Å². The number of thiophene rings is 1. The smallest absolute Gasteiger partial charge is 0.277 e. The van der Waals surface area contributed by atoms with Gasteiger partial charge in [-0.2, -0.15) is 0 Å². The van der Waals surface area contributed by atoms with Crippen molar-refractivity contribution >= 4 is 63.9 Å². The number of halogens is 3. The number of nitrogens with two attached hydrogens (primary N) is 1. The van der Waals surface area contributed by atoms with E-state index in [0.29, 0.717) is 54.5 Å². The van der Waals surface area contributed by atoms with Gasteiger partial charge in [-0.25, -0.2) is 0 Å². The van der Waals surface area contributed by atoms with E-state index in [1.54, 1.807) is 35.2 Å². The average Bonchev–Trinajstić information content (AvgIpc) is 3.45. The summed E-state index contributed by atoms with van der Waals surface area (Å²) in [6.45, 7) is -0.0759.